The standard InChI is InChI=1S/C10H14ClNO2/c11-7-3-1-2-4-8-12-9(13)5-6-10(12)14/h5-6H,1-4,7-8H2. The first-order valence-electron chi connectivity index (χ1n) is 4.85. The first-order chi connectivity index (χ1) is 6.75. The first kappa shape index (κ1) is 11.2. The van der Waals surface area contributed by atoms with Gasteiger partial charge in [-0.2, -0.15) is 0 Å². The molecule has 0 unspecified atom stereocenters. The molecule has 14 heavy (non-hydrogen) atoms. The Morgan fingerprint density at radius 3 is 2.14 bits per heavy atom. The lowest BCUT2D eigenvalue weighted by Gasteiger charge is -2.12. The molecule has 78 valence electrons. The van der Waals surface area contributed by atoms with Gasteiger partial charge >= 0.3 is 0 Å². The predicted molar refractivity (Wildman–Crippen MR) is 55.0 cm³/mol. The highest BCUT2D eigenvalue weighted by molar-refractivity contribution is 6.17. The summed E-state index contributed by atoms with van der Waals surface area (Å²) < 4.78 is 0. The van der Waals surface area contributed by atoms with Crippen LogP contribution in [0.25, 0.3) is 0 Å². The lowest BCUT2D eigenvalue weighted by Crippen LogP contribution is -2.30. The van der Waals surface area contributed by atoms with Gasteiger partial charge in [0, 0.05) is 24.6 Å². The fraction of sp³-hybridized carbons (Fsp3) is 0.600. The molecule has 0 atom stereocenters. The molecule has 1 heterocycles. The Hall–Kier alpha value is -0.830. The molecule has 1 aliphatic heterocycles. The summed E-state index contributed by atoms with van der Waals surface area (Å²) in [6.45, 7) is 0.535. The molecule has 3 nitrogen and oxygen atoms in total. The van der Waals surface area contributed by atoms with Crippen molar-refractivity contribution in [3.05, 3.63) is 12.2 Å². The molecule has 0 aromatic carbocycles. The second-order valence-corrected chi connectivity index (χ2v) is 3.64. The summed E-state index contributed by atoms with van der Waals surface area (Å²) in [5, 5.41) is 0. The molecule has 0 N–H and O–H groups in total. The molecule has 4 heteroatoms. The van der Waals surface area contributed by atoms with E-state index in [4.69, 9.17) is 11.6 Å². The van der Waals surface area contributed by atoms with Crippen LogP contribution in [-0.2, 0) is 9.59 Å². The van der Waals surface area contributed by atoms with Gasteiger partial charge in [0.2, 0.25) is 0 Å². The van der Waals surface area contributed by atoms with Crippen molar-refractivity contribution in [1.82, 2.24) is 4.90 Å². The van der Waals surface area contributed by atoms with Gasteiger partial charge in [0.15, 0.2) is 0 Å². The number of alkyl halides is 1. The van der Waals surface area contributed by atoms with Crippen LogP contribution in [0.4, 0.5) is 0 Å². The minimum absolute atomic E-state index is 0.188. The number of unbranched alkanes of at least 4 members (excludes halogenated alkanes) is 3. The van der Waals surface area contributed by atoms with Crippen LogP contribution in [0.3, 0.4) is 0 Å². The van der Waals surface area contributed by atoms with Crippen molar-refractivity contribution in [3.8, 4) is 0 Å². The van der Waals surface area contributed by atoms with Gasteiger partial charge < -0.3 is 0 Å². The summed E-state index contributed by atoms with van der Waals surface area (Å²) in [6, 6.07) is 0. The average molecular weight is 216 g/mol. The molecule has 1 rings (SSSR count). The molecule has 0 saturated heterocycles. The second-order valence-electron chi connectivity index (χ2n) is 3.26. The van der Waals surface area contributed by atoms with Crippen LogP contribution in [0.5, 0.6) is 0 Å². The molecule has 0 bridgehead atoms. The zero-order chi connectivity index (χ0) is 10.4. The third-order valence-electron chi connectivity index (χ3n) is 2.17. The first-order valence-corrected chi connectivity index (χ1v) is 5.38. The summed E-state index contributed by atoms with van der Waals surface area (Å²) in [5.74, 6) is 0.308. The van der Waals surface area contributed by atoms with Crippen LogP contribution < -0.4 is 0 Å². The van der Waals surface area contributed by atoms with Gasteiger partial charge in [-0.15, -0.1) is 11.6 Å². The minimum Gasteiger partial charge on any atom is -0.275 e. The Kier molecular flexibility index (Phi) is 4.66. The highest BCUT2D eigenvalue weighted by Gasteiger charge is 2.21. The summed E-state index contributed by atoms with van der Waals surface area (Å²) in [4.78, 5) is 23.5. The number of halogens is 1. The van der Waals surface area contributed by atoms with E-state index in [0.29, 0.717) is 12.4 Å². The quantitative estimate of drug-likeness (QED) is 0.384. The molecule has 0 spiro atoms. The van der Waals surface area contributed by atoms with Gasteiger partial charge in [0.1, 0.15) is 0 Å². The van der Waals surface area contributed by atoms with Gasteiger partial charge in [0.25, 0.3) is 11.8 Å². The van der Waals surface area contributed by atoms with E-state index in [9.17, 15) is 9.59 Å². The van der Waals surface area contributed by atoms with Gasteiger partial charge in [-0.3, -0.25) is 14.5 Å². The van der Waals surface area contributed by atoms with E-state index in [2.05, 4.69) is 0 Å². The molecule has 0 radical (unpaired) electrons. The highest BCUT2D eigenvalue weighted by Crippen LogP contribution is 2.07. The van der Waals surface area contributed by atoms with Crippen molar-refractivity contribution < 1.29 is 9.59 Å². The normalized spacial score (nSPS) is 15.6. The van der Waals surface area contributed by atoms with Crippen LogP contribution in [-0.4, -0.2) is 29.1 Å². The molecular weight excluding hydrogens is 202 g/mol. The third-order valence-corrected chi connectivity index (χ3v) is 2.43. The molecule has 0 saturated carbocycles. The predicted octanol–water partition coefficient (Wildman–Crippen LogP) is 1.71. The van der Waals surface area contributed by atoms with Crippen LogP contribution in [0.2, 0.25) is 0 Å². The van der Waals surface area contributed by atoms with Crippen LogP contribution >= 0.6 is 11.6 Å². The Balaban J connectivity index is 2.13. The van der Waals surface area contributed by atoms with Crippen LogP contribution in [0, 0.1) is 0 Å². The van der Waals surface area contributed by atoms with Gasteiger partial charge in [-0.1, -0.05) is 12.8 Å². The summed E-state index contributed by atoms with van der Waals surface area (Å²) in [5.41, 5.74) is 0. The summed E-state index contributed by atoms with van der Waals surface area (Å²) in [7, 11) is 0. The number of nitrogens with zero attached hydrogens (tertiary/aromatic N) is 1. The molecule has 1 aliphatic rings. The monoisotopic (exact) mass is 215 g/mol. The van der Waals surface area contributed by atoms with Crippen LogP contribution in [0.1, 0.15) is 25.7 Å². The molecule has 2 amide bonds. The zero-order valence-electron chi connectivity index (χ0n) is 8.04. The van der Waals surface area contributed by atoms with Crippen molar-refractivity contribution in [1.29, 1.82) is 0 Å². The third kappa shape index (κ3) is 3.14. The zero-order valence-corrected chi connectivity index (χ0v) is 8.79. The van der Waals surface area contributed by atoms with Gasteiger partial charge in [-0.25, -0.2) is 0 Å². The Labute approximate surface area is 88.7 Å². The second kappa shape index (κ2) is 5.81. The number of rotatable bonds is 6. The number of hydrogen-bond donors (Lipinski definition) is 0. The topological polar surface area (TPSA) is 37.4 Å². The van der Waals surface area contributed by atoms with E-state index in [-0.39, 0.29) is 11.8 Å². The van der Waals surface area contributed by atoms with E-state index in [1.54, 1.807) is 0 Å². The van der Waals surface area contributed by atoms with E-state index in [0.717, 1.165) is 25.7 Å². The number of carbonyl (C=O) groups excluding carboxylic acids is 2. The SMILES string of the molecule is O=C1C=CC(=O)N1CCCCCCCl. The van der Waals surface area contributed by atoms with E-state index in [1.807, 2.05) is 0 Å². The average Bonchev–Trinajstić information content (AvgIpc) is 2.48. The van der Waals surface area contributed by atoms with Crippen molar-refractivity contribution in [2.24, 2.45) is 0 Å². The summed E-state index contributed by atoms with van der Waals surface area (Å²) in [6.07, 6.45) is 6.59. The highest BCUT2D eigenvalue weighted by atomic mass is 35.5. The number of imide groups is 1. The smallest absolute Gasteiger partial charge is 0.253 e. The maximum atomic E-state index is 11.1. The molecule has 0 aliphatic carbocycles. The van der Waals surface area contributed by atoms with Crippen LogP contribution in [0.15, 0.2) is 12.2 Å². The van der Waals surface area contributed by atoms with E-state index >= 15 is 0 Å². The largest absolute Gasteiger partial charge is 0.275 e. The Bertz CT molecular complexity index is 233. The fourth-order valence-electron chi connectivity index (χ4n) is 1.37. The fourth-order valence-corrected chi connectivity index (χ4v) is 1.56. The molecule has 0 aromatic heterocycles. The van der Waals surface area contributed by atoms with Crippen molar-refractivity contribution in [2.75, 3.05) is 12.4 Å². The van der Waals surface area contributed by atoms with Gasteiger partial charge in [-0.05, 0) is 12.8 Å². The Morgan fingerprint density at radius 1 is 1.00 bits per heavy atom. The van der Waals surface area contributed by atoms with Gasteiger partial charge in [0.05, 0.1) is 0 Å². The van der Waals surface area contributed by atoms with E-state index in [1.165, 1.54) is 17.1 Å². The molecule has 0 aromatic rings. The Morgan fingerprint density at radius 2 is 1.57 bits per heavy atom. The number of hydrogen-bond acceptors (Lipinski definition) is 2. The van der Waals surface area contributed by atoms with Crippen molar-refractivity contribution in [3.63, 3.8) is 0 Å². The lowest BCUT2D eigenvalue weighted by molar-refractivity contribution is -0.136. The maximum absolute atomic E-state index is 11.1. The maximum Gasteiger partial charge on any atom is 0.253 e. The van der Waals surface area contributed by atoms with Crippen molar-refractivity contribution in [2.45, 2.75) is 25.7 Å². The summed E-state index contributed by atoms with van der Waals surface area (Å²) >= 11 is 5.53. The number of amides is 2. The lowest BCUT2D eigenvalue weighted by atomic mass is 10.2. The van der Waals surface area contributed by atoms with E-state index < -0.39 is 0 Å². The minimum atomic E-state index is -0.188. The number of carbonyl (C=O) groups is 2. The van der Waals surface area contributed by atoms with Crippen molar-refractivity contribution >= 4 is 23.4 Å². The molecule has 0 fully saturated rings. The molecular formula is C10H14ClNO2.